The Hall–Kier alpha value is -2.02. The van der Waals surface area contributed by atoms with Crippen LogP contribution in [0.2, 0.25) is 0 Å². The molecular weight excluding hydrogens is 408 g/mol. The van der Waals surface area contributed by atoms with Gasteiger partial charge in [-0.2, -0.15) is 0 Å². The van der Waals surface area contributed by atoms with Crippen molar-refractivity contribution in [3.8, 4) is 0 Å². The molecule has 1 aliphatic heterocycles. The van der Waals surface area contributed by atoms with E-state index in [0.29, 0.717) is 17.6 Å². The van der Waals surface area contributed by atoms with Crippen LogP contribution < -0.4 is 0 Å². The maximum atomic E-state index is 13.1. The molecule has 6 nitrogen and oxygen atoms in total. The third-order valence-corrected chi connectivity index (χ3v) is 6.82. The standard InChI is InChI=1S/C24H36N4O2S/c1-16(2)28(17(3)4)22(29)14-27-21-10-8-7-9-20(21)25-24(27)31-15-23(30)26-12-18(5)11-19(6)13-26/h7-10,16-19H,11-15H2,1-6H3/t18-,19-/m0/s1. The van der Waals surface area contributed by atoms with Crippen LogP contribution in [0.15, 0.2) is 29.4 Å². The molecule has 31 heavy (non-hydrogen) atoms. The van der Waals surface area contributed by atoms with Gasteiger partial charge in [0.25, 0.3) is 0 Å². The minimum absolute atomic E-state index is 0.0695. The van der Waals surface area contributed by atoms with Gasteiger partial charge in [0.15, 0.2) is 5.16 Å². The topological polar surface area (TPSA) is 58.4 Å². The van der Waals surface area contributed by atoms with Crippen LogP contribution in [-0.4, -0.2) is 62.1 Å². The number of carbonyl (C=O) groups excluding carboxylic acids is 2. The lowest BCUT2D eigenvalue weighted by Crippen LogP contribution is -2.44. The van der Waals surface area contributed by atoms with E-state index in [1.54, 1.807) is 0 Å². The number of imidazole rings is 1. The molecule has 0 N–H and O–H groups in total. The molecule has 1 aliphatic rings. The summed E-state index contributed by atoms with van der Waals surface area (Å²) in [5, 5.41) is 0.730. The van der Waals surface area contributed by atoms with E-state index in [9.17, 15) is 9.59 Å². The Morgan fingerprint density at radius 1 is 1.10 bits per heavy atom. The molecule has 0 saturated carbocycles. The molecular formula is C24H36N4O2S. The molecule has 1 aromatic carbocycles. The van der Waals surface area contributed by atoms with E-state index < -0.39 is 0 Å². The van der Waals surface area contributed by atoms with E-state index in [1.165, 1.54) is 18.2 Å². The molecule has 2 amide bonds. The Balaban J connectivity index is 1.79. The van der Waals surface area contributed by atoms with Gasteiger partial charge < -0.3 is 14.4 Å². The first-order valence-corrected chi connectivity index (χ1v) is 12.3. The molecule has 2 atom stereocenters. The molecule has 0 spiro atoms. The van der Waals surface area contributed by atoms with Gasteiger partial charge in [-0.05, 0) is 58.1 Å². The van der Waals surface area contributed by atoms with Gasteiger partial charge >= 0.3 is 0 Å². The van der Waals surface area contributed by atoms with E-state index in [-0.39, 0.29) is 30.4 Å². The lowest BCUT2D eigenvalue weighted by atomic mass is 9.92. The van der Waals surface area contributed by atoms with Crippen LogP contribution in [0.5, 0.6) is 0 Å². The fourth-order valence-electron chi connectivity index (χ4n) is 4.79. The Morgan fingerprint density at radius 3 is 2.32 bits per heavy atom. The third kappa shape index (κ3) is 5.62. The minimum Gasteiger partial charge on any atom is -0.341 e. The summed E-state index contributed by atoms with van der Waals surface area (Å²) in [5.74, 6) is 1.64. The summed E-state index contributed by atoms with van der Waals surface area (Å²) in [6, 6.07) is 8.12. The number of para-hydroxylation sites is 2. The molecule has 1 saturated heterocycles. The van der Waals surface area contributed by atoms with Crippen molar-refractivity contribution in [3.63, 3.8) is 0 Å². The fraction of sp³-hybridized carbons (Fsp3) is 0.625. The number of likely N-dealkylation sites (tertiary alicyclic amines) is 1. The Morgan fingerprint density at radius 2 is 1.71 bits per heavy atom. The van der Waals surface area contributed by atoms with Gasteiger partial charge in [-0.3, -0.25) is 9.59 Å². The minimum atomic E-state index is 0.0695. The van der Waals surface area contributed by atoms with Crippen molar-refractivity contribution in [1.82, 2.24) is 19.4 Å². The summed E-state index contributed by atoms with van der Waals surface area (Å²) in [5.41, 5.74) is 1.78. The number of fused-ring (bicyclic) bond motifs is 1. The lowest BCUT2D eigenvalue weighted by molar-refractivity contribution is -0.135. The number of nitrogens with zero attached hydrogens (tertiary/aromatic N) is 4. The van der Waals surface area contributed by atoms with Crippen LogP contribution in [0.3, 0.4) is 0 Å². The van der Waals surface area contributed by atoms with Gasteiger partial charge in [-0.25, -0.2) is 4.98 Å². The predicted octanol–water partition coefficient (Wildman–Crippen LogP) is 4.28. The first kappa shape index (κ1) is 23.6. The molecule has 2 heterocycles. The van der Waals surface area contributed by atoms with Crippen LogP contribution in [0.4, 0.5) is 0 Å². The molecule has 0 bridgehead atoms. The first-order chi connectivity index (χ1) is 14.7. The average molecular weight is 445 g/mol. The smallest absolute Gasteiger partial charge is 0.243 e. The number of hydrogen-bond donors (Lipinski definition) is 0. The molecule has 1 fully saturated rings. The van der Waals surface area contributed by atoms with Crippen molar-refractivity contribution < 1.29 is 9.59 Å². The molecule has 0 unspecified atom stereocenters. The zero-order chi connectivity index (χ0) is 22.7. The van der Waals surface area contributed by atoms with E-state index in [2.05, 4.69) is 13.8 Å². The summed E-state index contributed by atoms with van der Waals surface area (Å²) in [4.78, 5) is 34.7. The molecule has 3 rings (SSSR count). The van der Waals surface area contributed by atoms with Crippen molar-refractivity contribution in [2.45, 2.75) is 71.7 Å². The van der Waals surface area contributed by atoms with Crippen molar-refractivity contribution in [2.24, 2.45) is 11.8 Å². The second-order valence-corrected chi connectivity index (χ2v) is 10.4. The van der Waals surface area contributed by atoms with Crippen LogP contribution >= 0.6 is 11.8 Å². The van der Waals surface area contributed by atoms with Gasteiger partial charge in [0.2, 0.25) is 11.8 Å². The third-order valence-electron chi connectivity index (χ3n) is 5.86. The van der Waals surface area contributed by atoms with Crippen LogP contribution in [0, 0.1) is 11.8 Å². The average Bonchev–Trinajstić information content (AvgIpc) is 3.02. The highest BCUT2D eigenvalue weighted by atomic mass is 32.2. The fourth-order valence-corrected chi connectivity index (χ4v) is 5.71. The molecule has 2 aromatic rings. The Bertz CT molecular complexity index is 905. The van der Waals surface area contributed by atoms with Gasteiger partial charge in [-0.1, -0.05) is 37.7 Å². The van der Waals surface area contributed by atoms with Crippen LogP contribution in [0.25, 0.3) is 11.0 Å². The Labute approximate surface area is 190 Å². The lowest BCUT2D eigenvalue weighted by Gasteiger charge is -2.35. The normalized spacial score (nSPS) is 19.4. The highest BCUT2D eigenvalue weighted by Gasteiger charge is 2.27. The van der Waals surface area contributed by atoms with E-state index in [1.807, 2.05) is 66.3 Å². The number of piperidine rings is 1. The van der Waals surface area contributed by atoms with Crippen molar-refractivity contribution >= 4 is 34.6 Å². The number of thioether (sulfide) groups is 1. The predicted molar refractivity (Wildman–Crippen MR) is 127 cm³/mol. The number of rotatable bonds is 7. The number of benzene rings is 1. The zero-order valence-electron chi connectivity index (χ0n) is 19.7. The number of carbonyl (C=O) groups is 2. The second kappa shape index (κ2) is 10.1. The summed E-state index contributed by atoms with van der Waals surface area (Å²) < 4.78 is 1.97. The molecule has 7 heteroatoms. The highest BCUT2D eigenvalue weighted by molar-refractivity contribution is 7.99. The van der Waals surface area contributed by atoms with Gasteiger partial charge in [0, 0.05) is 25.2 Å². The maximum absolute atomic E-state index is 13.1. The molecule has 0 aliphatic carbocycles. The van der Waals surface area contributed by atoms with Gasteiger partial charge in [0.05, 0.1) is 16.8 Å². The summed E-state index contributed by atoms with van der Waals surface area (Å²) in [6.07, 6.45) is 1.18. The largest absolute Gasteiger partial charge is 0.341 e. The van der Waals surface area contributed by atoms with Crippen molar-refractivity contribution in [3.05, 3.63) is 24.3 Å². The molecule has 1 aromatic heterocycles. The molecule has 170 valence electrons. The van der Waals surface area contributed by atoms with E-state index in [4.69, 9.17) is 4.98 Å². The number of aromatic nitrogens is 2. The van der Waals surface area contributed by atoms with E-state index >= 15 is 0 Å². The summed E-state index contributed by atoms with van der Waals surface area (Å²) in [7, 11) is 0. The number of amides is 2. The van der Waals surface area contributed by atoms with Gasteiger partial charge in [-0.15, -0.1) is 0 Å². The summed E-state index contributed by atoms with van der Waals surface area (Å²) in [6.45, 7) is 14.5. The molecule has 0 radical (unpaired) electrons. The van der Waals surface area contributed by atoms with E-state index in [0.717, 1.165) is 29.3 Å². The van der Waals surface area contributed by atoms with Crippen LogP contribution in [0.1, 0.15) is 48.0 Å². The zero-order valence-corrected chi connectivity index (χ0v) is 20.5. The summed E-state index contributed by atoms with van der Waals surface area (Å²) >= 11 is 1.44. The van der Waals surface area contributed by atoms with Crippen molar-refractivity contribution in [1.29, 1.82) is 0 Å². The quantitative estimate of drug-likeness (QED) is 0.598. The van der Waals surface area contributed by atoms with Crippen molar-refractivity contribution in [2.75, 3.05) is 18.8 Å². The maximum Gasteiger partial charge on any atom is 0.243 e. The van der Waals surface area contributed by atoms with Gasteiger partial charge in [0.1, 0.15) is 6.54 Å². The van der Waals surface area contributed by atoms with Crippen LogP contribution in [-0.2, 0) is 16.1 Å². The first-order valence-electron chi connectivity index (χ1n) is 11.3. The Kier molecular flexibility index (Phi) is 7.68. The highest BCUT2D eigenvalue weighted by Crippen LogP contribution is 2.27. The SMILES string of the molecule is CC(C)N(C(=O)Cn1c(SCC(=O)N2C[C@@H](C)C[C@H](C)C2)nc2ccccc21)C(C)C. The second-order valence-electron chi connectivity index (χ2n) is 9.49. The number of hydrogen-bond acceptors (Lipinski definition) is 4. The monoisotopic (exact) mass is 444 g/mol.